The summed E-state index contributed by atoms with van der Waals surface area (Å²) in [7, 11) is 0. The minimum atomic E-state index is -0.174. The number of aromatic nitrogens is 2. The molecule has 4 rings (SSSR count). The lowest BCUT2D eigenvalue weighted by Gasteiger charge is -2.21. The number of likely N-dealkylation sites (tertiary alicyclic amines) is 1. The van der Waals surface area contributed by atoms with Crippen molar-refractivity contribution in [2.75, 3.05) is 19.6 Å². The second-order valence-electron chi connectivity index (χ2n) is 7.55. The van der Waals surface area contributed by atoms with Gasteiger partial charge in [-0.25, -0.2) is 0 Å². The summed E-state index contributed by atoms with van der Waals surface area (Å²) in [5, 5.41) is 14.4. The van der Waals surface area contributed by atoms with Crippen LogP contribution in [0.5, 0.6) is 0 Å². The van der Waals surface area contributed by atoms with Crippen LogP contribution in [-0.4, -0.2) is 45.9 Å². The van der Waals surface area contributed by atoms with Crippen LogP contribution in [0.15, 0.2) is 4.52 Å². The highest BCUT2D eigenvalue weighted by Crippen LogP contribution is 2.39. The molecule has 0 radical (unpaired) electrons. The maximum Gasteiger partial charge on any atom is 0.231 e. The van der Waals surface area contributed by atoms with Crippen LogP contribution in [-0.2, 0) is 0 Å². The quantitative estimate of drug-likeness (QED) is 0.875. The molecule has 2 unspecified atom stereocenters. The highest BCUT2D eigenvalue weighted by atomic mass is 16.5. The van der Waals surface area contributed by atoms with Crippen LogP contribution in [0.4, 0.5) is 0 Å². The van der Waals surface area contributed by atoms with Gasteiger partial charge < -0.3 is 9.63 Å². The average molecular weight is 305 g/mol. The summed E-state index contributed by atoms with van der Waals surface area (Å²) in [6.45, 7) is 2.79. The van der Waals surface area contributed by atoms with Gasteiger partial charge in [-0.3, -0.25) is 4.90 Å². The van der Waals surface area contributed by atoms with Crippen molar-refractivity contribution in [1.29, 1.82) is 0 Å². The fourth-order valence-electron chi connectivity index (χ4n) is 4.12. The van der Waals surface area contributed by atoms with Crippen molar-refractivity contribution in [1.82, 2.24) is 15.0 Å². The molecule has 2 atom stereocenters. The topological polar surface area (TPSA) is 62.4 Å². The predicted molar refractivity (Wildman–Crippen MR) is 82.7 cm³/mol. The van der Waals surface area contributed by atoms with Crippen LogP contribution < -0.4 is 0 Å². The summed E-state index contributed by atoms with van der Waals surface area (Å²) in [5.74, 6) is 3.40. The molecule has 1 N–H and O–H groups in total. The van der Waals surface area contributed by atoms with E-state index in [0.717, 1.165) is 50.1 Å². The summed E-state index contributed by atoms with van der Waals surface area (Å²) in [4.78, 5) is 6.95. The SMILES string of the molecule is OC(CC1CCCC1)CN1CCC(c2nc(C3CC3)no2)C1. The third-order valence-corrected chi connectivity index (χ3v) is 5.57. The Morgan fingerprint density at radius 3 is 2.73 bits per heavy atom. The molecular formula is C17H27N3O2. The molecule has 2 heterocycles. The molecule has 22 heavy (non-hydrogen) atoms. The van der Waals surface area contributed by atoms with Crippen molar-refractivity contribution in [2.45, 2.75) is 69.3 Å². The van der Waals surface area contributed by atoms with Gasteiger partial charge in [0.2, 0.25) is 5.89 Å². The number of β-amino-alcohol motifs (C(OH)–C–C–N with tert-alkyl or cyclic N) is 1. The Bertz CT molecular complexity index is 494. The van der Waals surface area contributed by atoms with E-state index in [-0.39, 0.29) is 6.10 Å². The minimum Gasteiger partial charge on any atom is -0.392 e. The van der Waals surface area contributed by atoms with Gasteiger partial charge in [0, 0.05) is 19.0 Å². The van der Waals surface area contributed by atoms with Crippen LogP contribution in [0, 0.1) is 5.92 Å². The largest absolute Gasteiger partial charge is 0.392 e. The first kappa shape index (κ1) is 14.6. The van der Waals surface area contributed by atoms with Gasteiger partial charge >= 0.3 is 0 Å². The number of aliphatic hydroxyl groups is 1. The average Bonchev–Trinajstić information content (AvgIpc) is 2.95. The summed E-state index contributed by atoms with van der Waals surface area (Å²) >= 11 is 0. The fraction of sp³-hybridized carbons (Fsp3) is 0.882. The van der Waals surface area contributed by atoms with Gasteiger partial charge in [0.1, 0.15) is 0 Å². The van der Waals surface area contributed by atoms with Crippen molar-refractivity contribution in [2.24, 2.45) is 5.92 Å². The van der Waals surface area contributed by atoms with Gasteiger partial charge in [0.05, 0.1) is 12.0 Å². The number of aliphatic hydroxyl groups excluding tert-OH is 1. The molecule has 2 aliphatic carbocycles. The molecule has 0 spiro atoms. The Morgan fingerprint density at radius 1 is 1.14 bits per heavy atom. The molecule has 1 aromatic rings. The number of nitrogens with zero attached hydrogens (tertiary/aromatic N) is 3. The van der Waals surface area contributed by atoms with Crippen molar-refractivity contribution < 1.29 is 9.63 Å². The Labute approximate surface area is 132 Å². The molecule has 122 valence electrons. The van der Waals surface area contributed by atoms with E-state index in [1.807, 2.05) is 0 Å². The van der Waals surface area contributed by atoms with Crippen LogP contribution in [0.2, 0.25) is 0 Å². The molecule has 3 fully saturated rings. The maximum absolute atomic E-state index is 10.3. The van der Waals surface area contributed by atoms with Gasteiger partial charge in [-0.2, -0.15) is 4.98 Å². The highest BCUT2D eigenvalue weighted by molar-refractivity contribution is 5.06. The van der Waals surface area contributed by atoms with E-state index in [9.17, 15) is 5.11 Å². The van der Waals surface area contributed by atoms with Crippen molar-refractivity contribution in [3.8, 4) is 0 Å². The van der Waals surface area contributed by atoms with Crippen LogP contribution in [0.3, 0.4) is 0 Å². The zero-order chi connectivity index (χ0) is 14.9. The molecule has 3 aliphatic rings. The summed E-state index contributed by atoms with van der Waals surface area (Å²) in [6, 6.07) is 0. The van der Waals surface area contributed by atoms with E-state index in [1.54, 1.807) is 0 Å². The molecule has 0 bridgehead atoms. The summed E-state index contributed by atoms with van der Waals surface area (Å²) in [6.07, 6.45) is 9.62. The molecule has 2 saturated carbocycles. The van der Waals surface area contributed by atoms with E-state index < -0.39 is 0 Å². The van der Waals surface area contributed by atoms with Gasteiger partial charge in [0.15, 0.2) is 5.82 Å². The molecule has 1 aliphatic heterocycles. The lowest BCUT2D eigenvalue weighted by Crippen LogP contribution is -2.31. The number of hydrogen-bond donors (Lipinski definition) is 1. The smallest absolute Gasteiger partial charge is 0.231 e. The van der Waals surface area contributed by atoms with E-state index in [2.05, 4.69) is 15.0 Å². The lowest BCUT2D eigenvalue weighted by atomic mass is 10.00. The first-order valence-corrected chi connectivity index (χ1v) is 9.02. The van der Waals surface area contributed by atoms with Gasteiger partial charge in [-0.15, -0.1) is 0 Å². The minimum absolute atomic E-state index is 0.174. The summed E-state index contributed by atoms with van der Waals surface area (Å²) < 4.78 is 5.46. The van der Waals surface area contributed by atoms with Crippen molar-refractivity contribution in [3.63, 3.8) is 0 Å². The Hall–Kier alpha value is -0.940. The highest BCUT2D eigenvalue weighted by Gasteiger charge is 2.33. The van der Waals surface area contributed by atoms with Crippen LogP contribution in [0.25, 0.3) is 0 Å². The molecule has 1 saturated heterocycles. The van der Waals surface area contributed by atoms with E-state index in [4.69, 9.17) is 4.52 Å². The first-order chi connectivity index (χ1) is 10.8. The Morgan fingerprint density at radius 2 is 1.95 bits per heavy atom. The first-order valence-electron chi connectivity index (χ1n) is 9.02. The summed E-state index contributed by atoms with van der Waals surface area (Å²) in [5.41, 5.74) is 0. The Kier molecular flexibility index (Phi) is 4.18. The standard InChI is InChI=1S/C17H27N3O2/c21-15(9-12-3-1-2-4-12)11-20-8-7-14(10-20)17-18-16(19-22-17)13-5-6-13/h12-15,21H,1-11H2. The van der Waals surface area contributed by atoms with E-state index in [0.29, 0.717) is 11.8 Å². The zero-order valence-corrected chi connectivity index (χ0v) is 13.3. The fourth-order valence-corrected chi connectivity index (χ4v) is 4.12. The third kappa shape index (κ3) is 3.35. The zero-order valence-electron chi connectivity index (χ0n) is 13.3. The molecular weight excluding hydrogens is 278 g/mol. The second-order valence-corrected chi connectivity index (χ2v) is 7.55. The van der Waals surface area contributed by atoms with Gasteiger partial charge in [-0.05, 0) is 38.1 Å². The van der Waals surface area contributed by atoms with Gasteiger partial charge in [-0.1, -0.05) is 30.8 Å². The molecule has 0 amide bonds. The van der Waals surface area contributed by atoms with Crippen LogP contribution in [0.1, 0.15) is 74.9 Å². The van der Waals surface area contributed by atoms with Crippen molar-refractivity contribution in [3.05, 3.63) is 11.7 Å². The molecule has 5 nitrogen and oxygen atoms in total. The Balaban J connectivity index is 1.26. The second kappa shape index (κ2) is 6.28. The molecule has 0 aromatic carbocycles. The third-order valence-electron chi connectivity index (χ3n) is 5.57. The van der Waals surface area contributed by atoms with E-state index in [1.165, 1.54) is 38.5 Å². The molecule has 5 heteroatoms. The normalized spacial score (nSPS) is 28.5. The van der Waals surface area contributed by atoms with Crippen molar-refractivity contribution >= 4 is 0 Å². The number of rotatable bonds is 6. The van der Waals surface area contributed by atoms with Crippen LogP contribution >= 0.6 is 0 Å². The lowest BCUT2D eigenvalue weighted by molar-refractivity contribution is 0.100. The van der Waals surface area contributed by atoms with Gasteiger partial charge in [0.25, 0.3) is 0 Å². The number of hydrogen-bond acceptors (Lipinski definition) is 5. The maximum atomic E-state index is 10.3. The van der Waals surface area contributed by atoms with E-state index >= 15 is 0 Å². The predicted octanol–water partition coefficient (Wildman–Crippen LogP) is 2.68. The molecule has 1 aromatic heterocycles. The monoisotopic (exact) mass is 305 g/mol.